The van der Waals surface area contributed by atoms with E-state index >= 15 is 0 Å². The molecule has 2 aromatic carbocycles. The zero-order chi connectivity index (χ0) is 16.2. The Balaban J connectivity index is 1.74. The quantitative estimate of drug-likeness (QED) is 0.536. The van der Waals surface area contributed by atoms with Crippen LogP contribution < -0.4 is 4.57 Å². The second-order valence-electron chi connectivity index (χ2n) is 5.87. The molecule has 1 aromatic heterocycles. The van der Waals surface area contributed by atoms with Gasteiger partial charge in [-0.15, -0.1) is 0 Å². The van der Waals surface area contributed by atoms with Crippen LogP contribution in [0, 0.1) is 0 Å². The number of imidazole rings is 1. The number of halogens is 2. The summed E-state index contributed by atoms with van der Waals surface area (Å²) in [7, 11) is 0. The van der Waals surface area contributed by atoms with Gasteiger partial charge in [0.2, 0.25) is 6.33 Å². The summed E-state index contributed by atoms with van der Waals surface area (Å²) in [6, 6.07) is 15.0. The number of hydrogen-bond acceptors (Lipinski definition) is 0. The molecule has 23 heavy (non-hydrogen) atoms. The fourth-order valence-electron chi connectivity index (χ4n) is 2.79. The van der Waals surface area contributed by atoms with Gasteiger partial charge < -0.3 is 0 Å². The second kappa shape index (κ2) is 7.37. The Kier molecular flexibility index (Phi) is 5.24. The van der Waals surface area contributed by atoms with E-state index in [0.29, 0.717) is 10.3 Å². The van der Waals surface area contributed by atoms with E-state index in [9.17, 15) is 0 Å². The first-order valence-corrected chi connectivity index (χ1v) is 8.86. The van der Waals surface area contributed by atoms with Crippen LogP contribution >= 0.6 is 23.2 Å². The molecule has 0 spiro atoms. The standard InChI is InChI=1S/C19H21Cl2N2/c1-2-3-11-22-14-23(19(21)18(22)20)12-10-15-8-9-16-6-4-5-7-17(16)13-15/h4-9,13-14H,2-3,10-12H2,1H3/q+1. The van der Waals surface area contributed by atoms with Gasteiger partial charge in [0.05, 0.1) is 13.1 Å². The lowest BCUT2D eigenvalue weighted by Crippen LogP contribution is -2.32. The van der Waals surface area contributed by atoms with Crippen molar-refractivity contribution in [2.45, 2.75) is 39.3 Å². The average molecular weight is 348 g/mol. The minimum Gasteiger partial charge on any atom is -0.219 e. The molecule has 3 rings (SSSR count). The van der Waals surface area contributed by atoms with Gasteiger partial charge in [-0.05, 0) is 46.0 Å². The van der Waals surface area contributed by atoms with Crippen molar-refractivity contribution in [2.75, 3.05) is 0 Å². The van der Waals surface area contributed by atoms with E-state index in [1.165, 1.54) is 16.3 Å². The fourth-order valence-corrected chi connectivity index (χ4v) is 3.26. The normalized spacial score (nSPS) is 11.3. The van der Waals surface area contributed by atoms with Gasteiger partial charge in [0.15, 0.2) is 0 Å². The number of aromatic nitrogens is 2. The molecule has 0 fully saturated rings. The fraction of sp³-hybridized carbons (Fsp3) is 0.316. The molecule has 0 amide bonds. The van der Waals surface area contributed by atoms with Gasteiger partial charge >= 0.3 is 0 Å². The zero-order valence-electron chi connectivity index (χ0n) is 13.3. The van der Waals surface area contributed by atoms with Crippen molar-refractivity contribution < 1.29 is 4.57 Å². The van der Waals surface area contributed by atoms with Gasteiger partial charge in [-0.25, -0.2) is 9.13 Å². The van der Waals surface area contributed by atoms with Crippen LogP contribution in [0.2, 0.25) is 10.3 Å². The Morgan fingerprint density at radius 3 is 2.61 bits per heavy atom. The summed E-state index contributed by atoms with van der Waals surface area (Å²) in [5, 5.41) is 3.82. The molecule has 0 aliphatic rings. The van der Waals surface area contributed by atoms with Crippen LogP contribution in [-0.4, -0.2) is 4.57 Å². The smallest absolute Gasteiger partial charge is 0.219 e. The van der Waals surface area contributed by atoms with Crippen molar-refractivity contribution in [1.82, 2.24) is 4.57 Å². The van der Waals surface area contributed by atoms with E-state index in [2.05, 4.69) is 49.4 Å². The molecule has 120 valence electrons. The average Bonchev–Trinajstić information content (AvgIpc) is 2.85. The summed E-state index contributed by atoms with van der Waals surface area (Å²) in [4.78, 5) is 0. The van der Waals surface area contributed by atoms with E-state index in [-0.39, 0.29) is 0 Å². The third-order valence-corrected chi connectivity index (χ3v) is 5.05. The molecule has 0 unspecified atom stereocenters. The Hall–Kier alpha value is -1.51. The van der Waals surface area contributed by atoms with Crippen molar-refractivity contribution in [2.24, 2.45) is 0 Å². The highest BCUT2D eigenvalue weighted by Gasteiger charge is 2.19. The molecule has 0 aliphatic carbocycles. The summed E-state index contributed by atoms with van der Waals surface area (Å²) in [6.07, 6.45) is 5.21. The monoisotopic (exact) mass is 347 g/mol. The van der Waals surface area contributed by atoms with E-state index in [1.54, 1.807) is 0 Å². The van der Waals surface area contributed by atoms with Crippen LogP contribution in [0.15, 0.2) is 48.8 Å². The highest BCUT2D eigenvalue weighted by molar-refractivity contribution is 6.39. The zero-order valence-corrected chi connectivity index (χ0v) is 14.8. The second-order valence-corrected chi connectivity index (χ2v) is 6.58. The van der Waals surface area contributed by atoms with E-state index in [1.807, 2.05) is 15.5 Å². The number of fused-ring (bicyclic) bond motifs is 1. The molecular weight excluding hydrogens is 327 g/mol. The minimum absolute atomic E-state index is 0.628. The summed E-state index contributed by atoms with van der Waals surface area (Å²) in [5.41, 5.74) is 1.31. The first-order chi connectivity index (χ1) is 11.2. The number of nitrogens with zero attached hydrogens (tertiary/aromatic N) is 2. The highest BCUT2D eigenvalue weighted by atomic mass is 35.5. The lowest BCUT2D eigenvalue weighted by Gasteiger charge is -2.03. The number of rotatable bonds is 6. The third-order valence-electron chi connectivity index (χ3n) is 4.16. The van der Waals surface area contributed by atoms with Crippen LogP contribution in [0.4, 0.5) is 0 Å². The van der Waals surface area contributed by atoms with Gasteiger partial charge in [-0.2, -0.15) is 0 Å². The molecule has 0 atom stereocenters. The van der Waals surface area contributed by atoms with Gasteiger partial charge in [0.1, 0.15) is 0 Å². The molecule has 0 saturated heterocycles. The molecule has 0 N–H and O–H groups in total. The lowest BCUT2D eigenvalue weighted by atomic mass is 10.1. The first-order valence-electron chi connectivity index (χ1n) is 8.10. The van der Waals surface area contributed by atoms with Crippen LogP contribution in [0.3, 0.4) is 0 Å². The molecule has 2 nitrogen and oxygen atoms in total. The van der Waals surface area contributed by atoms with Crippen LogP contribution in [-0.2, 0) is 19.5 Å². The Bertz CT molecular complexity index is 808. The largest absolute Gasteiger partial charge is 0.255 e. The third kappa shape index (κ3) is 3.70. The van der Waals surface area contributed by atoms with Crippen molar-refractivity contribution >= 4 is 34.0 Å². The predicted octanol–water partition coefficient (Wildman–Crippen LogP) is 5.28. The Morgan fingerprint density at radius 2 is 1.83 bits per heavy atom. The van der Waals surface area contributed by atoms with Crippen LogP contribution in [0.1, 0.15) is 25.3 Å². The summed E-state index contributed by atoms with van der Waals surface area (Å²) in [5.74, 6) is 0. The summed E-state index contributed by atoms with van der Waals surface area (Å²) >= 11 is 12.7. The molecule has 3 aromatic rings. The topological polar surface area (TPSA) is 8.81 Å². The van der Waals surface area contributed by atoms with Gasteiger partial charge in [-0.3, -0.25) is 0 Å². The maximum Gasteiger partial charge on any atom is 0.255 e. The number of hydrogen-bond donors (Lipinski definition) is 0. The molecule has 0 radical (unpaired) electrons. The first kappa shape index (κ1) is 16.4. The van der Waals surface area contributed by atoms with Gasteiger partial charge in [0.25, 0.3) is 10.3 Å². The van der Waals surface area contributed by atoms with E-state index in [0.717, 1.165) is 32.4 Å². The molecule has 0 saturated carbocycles. The molecule has 1 heterocycles. The SMILES string of the molecule is CCCC[n+]1cn(CCc2ccc3ccccc3c2)c(Cl)c1Cl. The molecular formula is C19H21Cl2N2+. The minimum atomic E-state index is 0.628. The molecule has 4 heteroatoms. The van der Waals surface area contributed by atoms with Gasteiger partial charge in [0, 0.05) is 6.42 Å². The molecule has 0 bridgehead atoms. The van der Waals surface area contributed by atoms with E-state index in [4.69, 9.17) is 23.2 Å². The van der Waals surface area contributed by atoms with Crippen molar-refractivity contribution in [1.29, 1.82) is 0 Å². The maximum atomic E-state index is 6.36. The Labute approximate surface area is 147 Å². The van der Waals surface area contributed by atoms with Crippen molar-refractivity contribution in [3.63, 3.8) is 0 Å². The summed E-state index contributed by atoms with van der Waals surface area (Å²) < 4.78 is 4.07. The maximum absolute atomic E-state index is 6.36. The number of benzene rings is 2. The molecule has 0 aliphatic heterocycles. The summed E-state index contributed by atoms with van der Waals surface area (Å²) in [6.45, 7) is 3.92. The van der Waals surface area contributed by atoms with Crippen molar-refractivity contribution in [3.05, 3.63) is 64.7 Å². The van der Waals surface area contributed by atoms with Gasteiger partial charge in [-0.1, -0.05) is 55.8 Å². The Morgan fingerprint density at radius 1 is 1.04 bits per heavy atom. The van der Waals surface area contributed by atoms with Crippen LogP contribution in [0.25, 0.3) is 10.8 Å². The number of aryl methyl sites for hydroxylation is 3. The van der Waals surface area contributed by atoms with Crippen LogP contribution in [0.5, 0.6) is 0 Å². The number of unbranched alkanes of at least 4 members (excludes halogenated alkanes) is 1. The predicted molar refractivity (Wildman–Crippen MR) is 97.2 cm³/mol. The van der Waals surface area contributed by atoms with Crippen molar-refractivity contribution in [3.8, 4) is 0 Å². The lowest BCUT2D eigenvalue weighted by molar-refractivity contribution is -0.694. The highest BCUT2D eigenvalue weighted by Crippen LogP contribution is 2.20. The van der Waals surface area contributed by atoms with E-state index < -0.39 is 0 Å².